The summed E-state index contributed by atoms with van der Waals surface area (Å²) in [5.41, 5.74) is 0.111. The quantitative estimate of drug-likeness (QED) is 0.490. The Hall–Kier alpha value is -2.17. The van der Waals surface area contributed by atoms with Crippen LogP contribution in [0.1, 0.15) is 47.0 Å². The number of hydrogen-bond acceptors (Lipinski definition) is 7. The summed E-state index contributed by atoms with van der Waals surface area (Å²) in [5.74, 6) is -1.38. The van der Waals surface area contributed by atoms with Crippen LogP contribution in [-0.2, 0) is 4.74 Å². The predicted octanol–water partition coefficient (Wildman–Crippen LogP) is 4.41. The maximum atomic E-state index is 13.9. The molecule has 192 valence electrons. The fourth-order valence-electron chi connectivity index (χ4n) is 4.63. The van der Waals surface area contributed by atoms with E-state index in [1.54, 1.807) is 6.20 Å². The monoisotopic (exact) mass is 508 g/mol. The highest BCUT2D eigenvalue weighted by molar-refractivity contribution is 7.97. The second kappa shape index (κ2) is 11.3. The number of anilines is 1. The number of aromatic nitrogens is 2. The molecular weight excluding hydrogens is 474 g/mol. The van der Waals surface area contributed by atoms with Crippen molar-refractivity contribution in [2.45, 2.75) is 70.5 Å². The zero-order valence-corrected chi connectivity index (χ0v) is 21.6. The molecule has 1 aliphatic heterocycles. The van der Waals surface area contributed by atoms with E-state index in [0.29, 0.717) is 17.4 Å². The molecular formula is C25H34F2N4O3S. The number of rotatable bonds is 8. The van der Waals surface area contributed by atoms with Crippen molar-refractivity contribution in [3.05, 3.63) is 46.4 Å². The zero-order valence-electron chi connectivity index (χ0n) is 20.7. The molecule has 2 fully saturated rings. The Morgan fingerprint density at radius 1 is 1.00 bits per heavy atom. The second-order valence-corrected chi connectivity index (χ2v) is 11.3. The first-order chi connectivity index (χ1) is 16.7. The third kappa shape index (κ3) is 6.54. The van der Waals surface area contributed by atoms with Gasteiger partial charge >= 0.3 is 5.56 Å². The largest absolute Gasteiger partial charge is 0.483 e. The van der Waals surface area contributed by atoms with Gasteiger partial charge in [0.1, 0.15) is 23.4 Å². The Morgan fingerprint density at radius 3 is 2.29 bits per heavy atom. The molecule has 1 aromatic carbocycles. The lowest BCUT2D eigenvalue weighted by Crippen LogP contribution is -2.45. The van der Waals surface area contributed by atoms with Gasteiger partial charge in [-0.3, -0.25) is 4.79 Å². The molecule has 0 bridgehead atoms. The maximum absolute atomic E-state index is 13.9. The van der Waals surface area contributed by atoms with Crippen LogP contribution in [0.2, 0.25) is 0 Å². The smallest absolute Gasteiger partial charge is 0.316 e. The summed E-state index contributed by atoms with van der Waals surface area (Å²) in [6, 6.07) is 2.94. The van der Waals surface area contributed by atoms with Crippen molar-refractivity contribution in [1.82, 2.24) is 14.1 Å². The van der Waals surface area contributed by atoms with Gasteiger partial charge in [0.05, 0.1) is 24.1 Å². The van der Waals surface area contributed by atoms with E-state index >= 15 is 0 Å². The van der Waals surface area contributed by atoms with E-state index in [4.69, 9.17) is 9.47 Å². The molecule has 1 saturated carbocycles. The van der Waals surface area contributed by atoms with Gasteiger partial charge in [-0.25, -0.2) is 13.1 Å². The van der Waals surface area contributed by atoms with Gasteiger partial charge in [-0.15, -0.1) is 0 Å². The summed E-state index contributed by atoms with van der Waals surface area (Å²) in [4.78, 5) is 15.7. The van der Waals surface area contributed by atoms with Crippen molar-refractivity contribution in [2.75, 3.05) is 31.1 Å². The van der Waals surface area contributed by atoms with E-state index in [1.165, 1.54) is 0 Å². The SMILES string of the molecule is CC(C)OC1CCC(Oc2c(N3CCN(SC(C)C)CC3)cnn(-c3cc(F)cc(F)c3)c2=O)C1. The molecule has 2 atom stereocenters. The van der Waals surface area contributed by atoms with Crippen LogP contribution < -0.4 is 15.2 Å². The molecule has 35 heavy (non-hydrogen) atoms. The molecule has 1 aliphatic carbocycles. The van der Waals surface area contributed by atoms with Crippen molar-refractivity contribution >= 4 is 17.6 Å². The number of benzene rings is 1. The molecule has 1 saturated heterocycles. The first-order valence-corrected chi connectivity index (χ1v) is 13.1. The Bertz CT molecular complexity index is 1050. The molecule has 4 rings (SSSR count). The van der Waals surface area contributed by atoms with Gasteiger partial charge in [0.15, 0.2) is 0 Å². The van der Waals surface area contributed by atoms with Crippen molar-refractivity contribution < 1.29 is 18.3 Å². The Kier molecular flexibility index (Phi) is 8.34. The van der Waals surface area contributed by atoms with Crippen LogP contribution in [-0.4, -0.2) is 63.8 Å². The molecule has 0 N–H and O–H groups in total. The van der Waals surface area contributed by atoms with Crippen LogP contribution in [0.15, 0.2) is 29.2 Å². The highest BCUT2D eigenvalue weighted by Crippen LogP contribution is 2.32. The minimum atomic E-state index is -0.775. The lowest BCUT2D eigenvalue weighted by atomic mass is 10.2. The van der Waals surface area contributed by atoms with Crippen LogP contribution in [0.25, 0.3) is 5.69 Å². The summed E-state index contributed by atoms with van der Waals surface area (Å²) in [6.45, 7) is 11.5. The first-order valence-electron chi connectivity index (χ1n) is 12.3. The van der Waals surface area contributed by atoms with E-state index in [9.17, 15) is 13.6 Å². The molecule has 0 radical (unpaired) electrons. The third-order valence-corrected chi connectivity index (χ3v) is 7.12. The Labute approximate surface area is 209 Å². The minimum Gasteiger partial charge on any atom is -0.483 e. The van der Waals surface area contributed by atoms with Gasteiger partial charge in [0.2, 0.25) is 5.75 Å². The number of piperazine rings is 1. The van der Waals surface area contributed by atoms with Crippen LogP contribution in [0.4, 0.5) is 14.5 Å². The topological polar surface area (TPSA) is 59.8 Å². The van der Waals surface area contributed by atoms with E-state index in [0.717, 1.165) is 61.9 Å². The highest BCUT2D eigenvalue weighted by atomic mass is 32.2. The molecule has 2 heterocycles. The summed E-state index contributed by atoms with van der Waals surface area (Å²) in [6.07, 6.45) is 3.91. The molecule has 0 spiro atoms. The molecule has 10 heteroatoms. The van der Waals surface area contributed by atoms with Crippen LogP contribution in [0.3, 0.4) is 0 Å². The first kappa shape index (κ1) is 25.9. The molecule has 2 aliphatic rings. The van der Waals surface area contributed by atoms with Crippen molar-refractivity contribution in [2.24, 2.45) is 0 Å². The van der Waals surface area contributed by atoms with Crippen LogP contribution >= 0.6 is 11.9 Å². The Balaban J connectivity index is 1.63. The van der Waals surface area contributed by atoms with Crippen LogP contribution in [0.5, 0.6) is 5.75 Å². The van der Waals surface area contributed by atoms with E-state index in [-0.39, 0.29) is 29.7 Å². The fraction of sp³-hybridized carbons (Fsp3) is 0.600. The Morgan fingerprint density at radius 2 is 1.66 bits per heavy atom. The van der Waals surface area contributed by atoms with Gasteiger partial charge in [0, 0.05) is 43.9 Å². The van der Waals surface area contributed by atoms with E-state index < -0.39 is 17.2 Å². The number of ether oxygens (including phenoxy) is 2. The van der Waals surface area contributed by atoms with Crippen molar-refractivity contribution in [1.29, 1.82) is 0 Å². The summed E-state index contributed by atoms with van der Waals surface area (Å²) < 4.78 is 43.3. The van der Waals surface area contributed by atoms with Gasteiger partial charge in [-0.05, 0) is 38.8 Å². The lowest BCUT2D eigenvalue weighted by Gasteiger charge is -2.36. The van der Waals surface area contributed by atoms with Crippen molar-refractivity contribution in [3.63, 3.8) is 0 Å². The fourth-order valence-corrected chi connectivity index (χ4v) is 5.60. The van der Waals surface area contributed by atoms with Crippen molar-refractivity contribution in [3.8, 4) is 11.4 Å². The third-order valence-electron chi connectivity index (χ3n) is 6.03. The summed E-state index contributed by atoms with van der Waals surface area (Å²) in [5, 5.41) is 4.77. The summed E-state index contributed by atoms with van der Waals surface area (Å²) >= 11 is 1.82. The summed E-state index contributed by atoms with van der Waals surface area (Å²) in [7, 11) is 0. The average molecular weight is 509 g/mol. The zero-order chi connectivity index (χ0) is 25.1. The molecule has 2 aromatic rings. The molecule has 2 unspecified atom stereocenters. The van der Waals surface area contributed by atoms with E-state index in [2.05, 4.69) is 28.2 Å². The standard InChI is InChI=1S/C25H34F2N4O3S/c1-16(2)33-21-5-6-22(14-21)34-24-23(29-7-9-30(10-8-29)35-17(3)4)15-28-31(25(24)32)20-12-18(26)11-19(27)13-20/h11-13,15-17,21-22H,5-10,14H2,1-4H3. The second-order valence-electron chi connectivity index (χ2n) is 9.63. The maximum Gasteiger partial charge on any atom is 0.316 e. The highest BCUT2D eigenvalue weighted by Gasteiger charge is 2.31. The van der Waals surface area contributed by atoms with Gasteiger partial charge < -0.3 is 14.4 Å². The van der Waals surface area contributed by atoms with Gasteiger partial charge in [-0.1, -0.05) is 25.8 Å². The normalized spacial score (nSPS) is 21.3. The number of halogens is 2. The lowest BCUT2D eigenvalue weighted by molar-refractivity contribution is 0.00677. The number of hydrogen-bond donors (Lipinski definition) is 0. The van der Waals surface area contributed by atoms with Crippen LogP contribution in [0, 0.1) is 11.6 Å². The minimum absolute atomic E-state index is 0.0227. The average Bonchev–Trinajstić information content (AvgIpc) is 3.21. The van der Waals surface area contributed by atoms with Gasteiger partial charge in [-0.2, -0.15) is 9.78 Å². The molecule has 0 amide bonds. The number of nitrogens with zero attached hydrogens (tertiary/aromatic N) is 4. The predicted molar refractivity (Wildman–Crippen MR) is 135 cm³/mol. The van der Waals surface area contributed by atoms with E-state index in [1.807, 2.05) is 25.8 Å². The van der Waals surface area contributed by atoms with Gasteiger partial charge in [0.25, 0.3) is 0 Å². The molecule has 7 nitrogen and oxygen atoms in total. The molecule has 1 aromatic heterocycles.